The summed E-state index contributed by atoms with van der Waals surface area (Å²) in [7, 11) is 3.24. The maximum Gasteiger partial charge on any atom is 0.163 e. The molecule has 0 bridgehead atoms. The Labute approximate surface area is 126 Å². The highest BCUT2D eigenvalue weighted by Crippen LogP contribution is 2.39. The molecule has 0 aliphatic carbocycles. The second-order valence-electron chi connectivity index (χ2n) is 6.24. The second-order valence-corrected chi connectivity index (χ2v) is 6.24. The number of nitrogens with one attached hydrogen (secondary N) is 1. The van der Waals surface area contributed by atoms with Crippen LogP contribution in [0.2, 0.25) is 0 Å². The smallest absolute Gasteiger partial charge is 0.163 e. The van der Waals surface area contributed by atoms with Gasteiger partial charge in [-0.3, -0.25) is 0 Å². The van der Waals surface area contributed by atoms with Gasteiger partial charge in [0, 0.05) is 0 Å². The minimum atomic E-state index is -1.39. The number of hydrogen-bond acceptors (Lipinski definition) is 3. The minimum absolute atomic E-state index is 0.614. The van der Waals surface area contributed by atoms with Crippen molar-refractivity contribution in [3.8, 4) is 11.5 Å². The first-order valence-electron chi connectivity index (χ1n) is 7.60. The maximum atomic E-state index is 14.3. The molecule has 0 aromatic heterocycles. The van der Waals surface area contributed by atoms with Crippen molar-refractivity contribution in [2.24, 2.45) is 5.92 Å². The maximum absolute atomic E-state index is 14.3. The van der Waals surface area contributed by atoms with Crippen LogP contribution in [-0.4, -0.2) is 27.3 Å². The molecule has 1 saturated heterocycles. The Bertz CT molecular complexity index is 476. The van der Waals surface area contributed by atoms with Gasteiger partial charge in [0.2, 0.25) is 0 Å². The van der Waals surface area contributed by atoms with Gasteiger partial charge < -0.3 is 14.8 Å². The van der Waals surface area contributed by atoms with Gasteiger partial charge in [-0.15, -0.1) is 0 Å². The van der Waals surface area contributed by atoms with Crippen molar-refractivity contribution in [2.75, 3.05) is 27.3 Å². The predicted molar refractivity (Wildman–Crippen MR) is 83.0 cm³/mol. The van der Waals surface area contributed by atoms with Crippen LogP contribution in [0, 0.1) is 5.92 Å². The summed E-state index contributed by atoms with van der Waals surface area (Å²) < 4.78 is 25.2. The van der Waals surface area contributed by atoms with Gasteiger partial charge in [0.05, 0.1) is 14.2 Å². The SMILES string of the molecule is COc1cc(C(C)(C)F)cc(CC2CCNCC2)c1OC. The summed E-state index contributed by atoms with van der Waals surface area (Å²) in [5, 5.41) is 3.37. The number of rotatable bonds is 5. The molecule has 1 aliphatic rings. The topological polar surface area (TPSA) is 30.5 Å². The van der Waals surface area contributed by atoms with Crippen molar-refractivity contribution < 1.29 is 13.9 Å². The lowest BCUT2D eigenvalue weighted by Gasteiger charge is -2.25. The fraction of sp³-hybridized carbons (Fsp3) is 0.647. The molecule has 0 amide bonds. The lowest BCUT2D eigenvalue weighted by atomic mass is 9.88. The van der Waals surface area contributed by atoms with Gasteiger partial charge in [-0.1, -0.05) is 0 Å². The summed E-state index contributed by atoms with van der Waals surface area (Å²) in [5.41, 5.74) is 0.302. The van der Waals surface area contributed by atoms with Gasteiger partial charge in [0.25, 0.3) is 0 Å². The average molecular weight is 295 g/mol. The summed E-state index contributed by atoms with van der Waals surface area (Å²) >= 11 is 0. The van der Waals surface area contributed by atoms with Gasteiger partial charge in [-0.25, -0.2) is 4.39 Å². The van der Waals surface area contributed by atoms with Gasteiger partial charge in [-0.05, 0) is 75.4 Å². The molecule has 0 spiro atoms. The molecule has 1 aromatic carbocycles. The number of alkyl halides is 1. The molecule has 1 heterocycles. The Morgan fingerprint density at radius 1 is 1.19 bits per heavy atom. The first kappa shape index (κ1) is 16.1. The van der Waals surface area contributed by atoms with Crippen LogP contribution in [0.4, 0.5) is 4.39 Å². The van der Waals surface area contributed by atoms with Crippen molar-refractivity contribution in [3.05, 3.63) is 23.3 Å². The predicted octanol–water partition coefficient (Wildman–Crippen LogP) is 3.45. The molecule has 1 aliphatic heterocycles. The molecular weight excluding hydrogens is 269 g/mol. The van der Waals surface area contributed by atoms with E-state index in [0.29, 0.717) is 17.2 Å². The van der Waals surface area contributed by atoms with E-state index >= 15 is 0 Å². The van der Waals surface area contributed by atoms with E-state index < -0.39 is 5.67 Å². The zero-order valence-electron chi connectivity index (χ0n) is 13.5. The van der Waals surface area contributed by atoms with Crippen molar-refractivity contribution in [1.29, 1.82) is 0 Å². The van der Waals surface area contributed by atoms with Gasteiger partial charge in [0.15, 0.2) is 11.5 Å². The van der Waals surface area contributed by atoms with Crippen LogP contribution in [0.25, 0.3) is 0 Å². The largest absolute Gasteiger partial charge is 0.493 e. The molecule has 0 atom stereocenters. The summed E-state index contributed by atoms with van der Waals surface area (Å²) in [6.07, 6.45) is 3.20. The third-order valence-corrected chi connectivity index (χ3v) is 4.21. The summed E-state index contributed by atoms with van der Waals surface area (Å²) in [5.74, 6) is 1.97. The van der Waals surface area contributed by atoms with Crippen LogP contribution < -0.4 is 14.8 Å². The van der Waals surface area contributed by atoms with Crippen molar-refractivity contribution in [2.45, 2.75) is 38.8 Å². The molecule has 1 N–H and O–H groups in total. The standard InChI is InChI=1S/C17H26FNO2/c1-17(2,18)14-10-13(9-12-5-7-19-8-6-12)16(21-4)15(11-14)20-3/h10-12,19H,5-9H2,1-4H3. The minimum Gasteiger partial charge on any atom is -0.493 e. The van der Waals surface area contributed by atoms with E-state index in [-0.39, 0.29) is 0 Å². The Kier molecular flexibility index (Phi) is 5.09. The molecule has 0 radical (unpaired) electrons. The fourth-order valence-corrected chi connectivity index (χ4v) is 2.93. The van der Waals surface area contributed by atoms with Crippen LogP contribution in [0.1, 0.15) is 37.8 Å². The molecule has 1 aromatic rings. The lowest BCUT2D eigenvalue weighted by Crippen LogP contribution is -2.28. The number of halogens is 1. The normalized spacial score (nSPS) is 16.8. The molecule has 2 rings (SSSR count). The highest BCUT2D eigenvalue weighted by Gasteiger charge is 2.25. The number of benzene rings is 1. The van der Waals surface area contributed by atoms with Crippen LogP contribution >= 0.6 is 0 Å². The molecule has 0 unspecified atom stereocenters. The Hall–Kier alpha value is -1.29. The van der Waals surface area contributed by atoms with E-state index in [2.05, 4.69) is 5.32 Å². The van der Waals surface area contributed by atoms with E-state index in [1.165, 1.54) is 0 Å². The van der Waals surface area contributed by atoms with Crippen molar-refractivity contribution in [3.63, 3.8) is 0 Å². The van der Waals surface area contributed by atoms with Gasteiger partial charge in [-0.2, -0.15) is 0 Å². The first-order valence-corrected chi connectivity index (χ1v) is 7.60. The number of ether oxygens (including phenoxy) is 2. The molecule has 21 heavy (non-hydrogen) atoms. The van der Waals surface area contributed by atoms with E-state index in [4.69, 9.17) is 9.47 Å². The third kappa shape index (κ3) is 3.88. The quantitative estimate of drug-likeness (QED) is 0.902. The molecule has 4 heteroatoms. The van der Waals surface area contributed by atoms with Crippen molar-refractivity contribution >= 4 is 0 Å². The monoisotopic (exact) mass is 295 g/mol. The Morgan fingerprint density at radius 3 is 2.38 bits per heavy atom. The fourth-order valence-electron chi connectivity index (χ4n) is 2.93. The number of methoxy groups -OCH3 is 2. The molecule has 0 saturated carbocycles. The van der Waals surface area contributed by atoms with E-state index in [1.807, 2.05) is 6.07 Å². The average Bonchev–Trinajstić information content (AvgIpc) is 2.46. The molecular formula is C17H26FNO2. The van der Waals surface area contributed by atoms with Gasteiger partial charge in [0.1, 0.15) is 5.67 Å². The first-order chi connectivity index (χ1) is 9.95. The van der Waals surface area contributed by atoms with Crippen LogP contribution in [0.5, 0.6) is 11.5 Å². The second kappa shape index (κ2) is 6.65. The zero-order chi connectivity index (χ0) is 15.5. The van der Waals surface area contributed by atoms with E-state index in [1.54, 1.807) is 34.1 Å². The van der Waals surface area contributed by atoms with Crippen LogP contribution in [0.3, 0.4) is 0 Å². The van der Waals surface area contributed by atoms with E-state index in [9.17, 15) is 4.39 Å². The van der Waals surface area contributed by atoms with Crippen LogP contribution in [0.15, 0.2) is 12.1 Å². The Morgan fingerprint density at radius 2 is 1.86 bits per heavy atom. The van der Waals surface area contributed by atoms with Gasteiger partial charge >= 0.3 is 0 Å². The molecule has 3 nitrogen and oxygen atoms in total. The van der Waals surface area contributed by atoms with Crippen molar-refractivity contribution in [1.82, 2.24) is 5.32 Å². The summed E-state index contributed by atoms with van der Waals surface area (Å²) in [6, 6.07) is 3.67. The number of piperidine rings is 1. The highest BCUT2D eigenvalue weighted by atomic mass is 19.1. The van der Waals surface area contributed by atoms with E-state index in [0.717, 1.165) is 43.7 Å². The third-order valence-electron chi connectivity index (χ3n) is 4.21. The summed E-state index contributed by atoms with van der Waals surface area (Å²) in [6.45, 7) is 5.25. The zero-order valence-corrected chi connectivity index (χ0v) is 13.5. The summed E-state index contributed by atoms with van der Waals surface area (Å²) in [4.78, 5) is 0. The number of hydrogen-bond donors (Lipinski definition) is 1. The molecule has 1 fully saturated rings. The highest BCUT2D eigenvalue weighted by molar-refractivity contribution is 5.51. The Balaban J connectivity index is 2.35. The van der Waals surface area contributed by atoms with Crippen LogP contribution in [-0.2, 0) is 12.1 Å². The lowest BCUT2D eigenvalue weighted by molar-refractivity contribution is 0.219. The molecule has 118 valence electrons.